The molecule has 1 aromatic rings. The van der Waals surface area contributed by atoms with E-state index in [1.807, 2.05) is 32.0 Å². The van der Waals surface area contributed by atoms with Gasteiger partial charge in [-0.25, -0.2) is 4.79 Å². The number of thioether (sulfide) groups is 1. The summed E-state index contributed by atoms with van der Waals surface area (Å²) < 4.78 is 0. The number of nitrogens with two attached hydrogens (primary N) is 1. The lowest BCUT2D eigenvalue weighted by Crippen LogP contribution is -1.99. The van der Waals surface area contributed by atoms with Crippen LogP contribution in [0.1, 0.15) is 18.9 Å². The van der Waals surface area contributed by atoms with Crippen LogP contribution >= 0.6 is 11.8 Å². The number of anilines is 1. The van der Waals surface area contributed by atoms with Crippen LogP contribution in [0.2, 0.25) is 0 Å². The fourth-order valence-electron chi connectivity index (χ4n) is 1.36. The number of carboxylic acid groups (broad SMARTS) is 1. The molecule has 0 spiro atoms. The molecule has 0 saturated carbocycles. The smallest absolute Gasteiger partial charge is 0.331 e. The molecule has 1 aromatic carbocycles. The van der Waals surface area contributed by atoms with Gasteiger partial charge in [-0.2, -0.15) is 0 Å². The Hall–Kier alpha value is -1.42. The Morgan fingerprint density at radius 1 is 1.53 bits per heavy atom. The lowest BCUT2D eigenvalue weighted by atomic mass is 10.2. The molecule has 0 aromatic heterocycles. The zero-order valence-corrected chi connectivity index (χ0v) is 10.9. The molecule has 3 nitrogen and oxygen atoms in total. The van der Waals surface area contributed by atoms with Crippen molar-refractivity contribution in [2.75, 3.05) is 11.5 Å². The van der Waals surface area contributed by atoms with E-state index in [0.717, 1.165) is 16.1 Å². The first kappa shape index (κ1) is 13.6. The first-order valence-electron chi connectivity index (χ1n) is 5.45. The molecule has 0 amide bonds. The summed E-state index contributed by atoms with van der Waals surface area (Å²) in [5.41, 5.74) is 8.02. The summed E-state index contributed by atoms with van der Waals surface area (Å²) in [4.78, 5) is 11.9. The minimum atomic E-state index is -0.832. The lowest BCUT2D eigenvalue weighted by Gasteiger charge is -2.03. The molecule has 4 heteroatoms. The average molecular weight is 251 g/mol. The number of rotatable bonds is 5. The summed E-state index contributed by atoms with van der Waals surface area (Å²) in [5.74, 6) is -0.166. The maximum absolute atomic E-state index is 10.8. The molecule has 1 rings (SSSR count). The number of hydrogen-bond acceptors (Lipinski definition) is 3. The van der Waals surface area contributed by atoms with E-state index in [-0.39, 0.29) is 0 Å². The van der Waals surface area contributed by atoms with Gasteiger partial charge in [0.15, 0.2) is 0 Å². The molecule has 17 heavy (non-hydrogen) atoms. The number of aryl methyl sites for hydroxylation is 1. The van der Waals surface area contributed by atoms with Crippen molar-refractivity contribution in [2.24, 2.45) is 0 Å². The third kappa shape index (κ3) is 4.15. The summed E-state index contributed by atoms with van der Waals surface area (Å²) in [5, 5.41) is 8.86. The van der Waals surface area contributed by atoms with Gasteiger partial charge >= 0.3 is 5.97 Å². The summed E-state index contributed by atoms with van der Waals surface area (Å²) in [7, 11) is 0. The van der Waals surface area contributed by atoms with Crippen LogP contribution < -0.4 is 5.73 Å². The minimum Gasteiger partial charge on any atom is -0.478 e. The van der Waals surface area contributed by atoms with E-state index in [0.29, 0.717) is 17.7 Å². The minimum absolute atomic E-state index is 0.463. The molecule has 0 heterocycles. The highest BCUT2D eigenvalue weighted by molar-refractivity contribution is 7.99. The second-order valence-electron chi connectivity index (χ2n) is 3.72. The quantitative estimate of drug-likeness (QED) is 0.479. The molecule has 0 atom stereocenters. The number of carboxylic acids is 1. The lowest BCUT2D eigenvalue weighted by molar-refractivity contribution is -0.132. The third-order valence-corrected chi connectivity index (χ3v) is 3.40. The van der Waals surface area contributed by atoms with Crippen molar-refractivity contribution >= 4 is 23.4 Å². The van der Waals surface area contributed by atoms with Gasteiger partial charge in [0.2, 0.25) is 0 Å². The van der Waals surface area contributed by atoms with E-state index < -0.39 is 5.97 Å². The van der Waals surface area contributed by atoms with Crippen LogP contribution in [0.5, 0.6) is 0 Å². The molecule has 3 N–H and O–H groups in total. The Morgan fingerprint density at radius 2 is 2.24 bits per heavy atom. The number of benzene rings is 1. The number of aliphatic carboxylic acids is 1. The van der Waals surface area contributed by atoms with Gasteiger partial charge in [-0.15, -0.1) is 11.8 Å². The summed E-state index contributed by atoms with van der Waals surface area (Å²) in [6, 6.07) is 5.84. The van der Waals surface area contributed by atoms with Crippen LogP contribution in [0.4, 0.5) is 5.69 Å². The summed E-state index contributed by atoms with van der Waals surface area (Å²) in [6.45, 7) is 3.81. The van der Waals surface area contributed by atoms with Crippen LogP contribution in [0.25, 0.3) is 0 Å². The van der Waals surface area contributed by atoms with E-state index >= 15 is 0 Å². The Morgan fingerprint density at radius 3 is 2.76 bits per heavy atom. The normalized spacial score (nSPS) is 11.5. The van der Waals surface area contributed by atoms with Crippen LogP contribution in [-0.2, 0) is 4.79 Å². The van der Waals surface area contributed by atoms with Crippen molar-refractivity contribution < 1.29 is 9.90 Å². The highest BCUT2D eigenvalue weighted by Gasteiger charge is 2.03. The number of nitrogen functional groups attached to an aromatic ring is 1. The monoisotopic (exact) mass is 251 g/mol. The Balaban J connectivity index is 2.61. The van der Waals surface area contributed by atoms with Crippen molar-refractivity contribution in [2.45, 2.75) is 25.2 Å². The molecule has 0 fully saturated rings. The Bertz CT molecular complexity index is 441. The first-order chi connectivity index (χ1) is 8.04. The van der Waals surface area contributed by atoms with Crippen LogP contribution in [-0.4, -0.2) is 16.8 Å². The molecule has 0 unspecified atom stereocenters. The summed E-state index contributed by atoms with van der Waals surface area (Å²) >= 11 is 1.61. The van der Waals surface area contributed by atoms with Crippen LogP contribution in [0, 0.1) is 6.92 Å². The Labute approximate surface area is 106 Å². The van der Waals surface area contributed by atoms with Gasteiger partial charge in [0.05, 0.1) is 0 Å². The molecule has 0 radical (unpaired) electrons. The van der Waals surface area contributed by atoms with Crippen molar-refractivity contribution in [3.05, 3.63) is 35.4 Å². The SMILES string of the molecule is CCC(=CCSc1ccc(N)c(C)c1)C(=O)O. The van der Waals surface area contributed by atoms with E-state index in [2.05, 4.69) is 0 Å². The second-order valence-corrected chi connectivity index (χ2v) is 4.81. The molecule has 92 valence electrons. The Kier molecular flexibility index (Phi) is 5.10. The zero-order valence-electron chi connectivity index (χ0n) is 10.1. The van der Waals surface area contributed by atoms with Crippen molar-refractivity contribution in [3.63, 3.8) is 0 Å². The largest absolute Gasteiger partial charge is 0.478 e. The van der Waals surface area contributed by atoms with Gasteiger partial charge < -0.3 is 10.8 Å². The van der Waals surface area contributed by atoms with Crippen LogP contribution in [0.3, 0.4) is 0 Å². The molecule has 0 bridgehead atoms. The number of carbonyl (C=O) groups is 1. The molecule has 0 aliphatic carbocycles. The first-order valence-corrected chi connectivity index (χ1v) is 6.44. The molecule has 0 aliphatic rings. The van der Waals surface area contributed by atoms with Crippen LogP contribution in [0.15, 0.2) is 34.7 Å². The fourth-order valence-corrected chi connectivity index (χ4v) is 2.26. The van der Waals surface area contributed by atoms with Crippen molar-refractivity contribution in [1.29, 1.82) is 0 Å². The topological polar surface area (TPSA) is 63.3 Å². The average Bonchev–Trinajstić information content (AvgIpc) is 2.28. The van der Waals surface area contributed by atoms with E-state index in [1.54, 1.807) is 17.8 Å². The zero-order chi connectivity index (χ0) is 12.8. The summed E-state index contributed by atoms with van der Waals surface area (Å²) in [6.07, 6.45) is 2.31. The second kappa shape index (κ2) is 6.35. The van der Waals surface area contributed by atoms with Gasteiger partial charge in [0.25, 0.3) is 0 Å². The highest BCUT2D eigenvalue weighted by Crippen LogP contribution is 2.22. The van der Waals surface area contributed by atoms with E-state index in [1.165, 1.54) is 0 Å². The fraction of sp³-hybridized carbons (Fsp3) is 0.308. The van der Waals surface area contributed by atoms with Gasteiger partial charge in [0, 0.05) is 21.9 Å². The van der Waals surface area contributed by atoms with E-state index in [4.69, 9.17) is 10.8 Å². The standard InChI is InChI=1S/C13H17NO2S/c1-3-10(13(15)16)6-7-17-11-4-5-12(14)9(2)8-11/h4-6,8H,3,7,14H2,1-2H3,(H,15,16). The highest BCUT2D eigenvalue weighted by atomic mass is 32.2. The third-order valence-electron chi connectivity index (χ3n) is 2.48. The molecular weight excluding hydrogens is 234 g/mol. The number of hydrogen-bond donors (Lipinski definition) is 2. The molecule has 0 aliphatic heterocycles. The predicted molar refractivity (Wildman–Crippen MR) is 72.3 cm³/mol. The predicted octanol–water partition coefficient (Wildman–Crippen LogP) is 3.09. The van der Waals surface area contributed by atoms with Gasteiger partial charge in [-0.05, 0) is 37.1 Å². The van der Waals surface area contributed by atoms with Gasteiger partial charge in [0.1, 0.15) is 0 Å². The molecule has 0 saturated heterocycles. The van der Waals surface area contributed by atoms with Crippen molar-refractivity contribution in [1.82, 2.24) is 0 Å². The van der Waals surface area contributed by atoms with Gasteiger partial charge in [-0.3, -0.25) is 0 Å². The van der Waals surface area contributed by atoms with Gasteiger partial charge in [-0.1, -0.05) is 13.0 Å². The maximum atomic E-state index is 10.8. The maximum Gasteiger partial charge on any atom is 0.331 e. The van der Waals surface area contributed by atoms with Crippen molar-refractivity contribution in [3.8, 4) is 0 Å². The molecular formula is C13H17NO2S. The van der Waals surface area contributed by atoms with E-state index in [9.17, 15) is 4.79 Å².